The van der Waals surface area contributed by atoms with Crippen LogP contribution in [0.15, 0.2) is 57.6 Å². The number of benzene rings is 2. The fourth-order valence-electron chi connectivity index (χ4n) is 2.46. The van der Waals surface area contributed by atoms with E-state index < -0.39 is 5.97 Å². The number of halogens is 1. The number of esters is 1. The van der Waals surface area contributed by atoms with Gasteiger partial charge in [0, 0.05) is 4.47 Å². The first-order valence-electron chi connectivity index (χ1n) is 7.94. The fraction of sp³-hybridized carbons (Fsp3) is 0.200. The number of carbonyl (C=O) groups is 1. The van der Waals surface area contributed by atoms with E-state index in [9.17, 15) is 4.79 Å². The van der Waals surface area contributed by atoms with Crippen LogP contribution < -0.4 is 4.74 Å². The molecule has 0 N–H and O–H groups in total. The molecule has 128 valence electrons. The van der Waals surface area contributed by atoms with E-state index in [0.29, 0.717) is 17.2 Å². The molecule has 25 heavy (non-hydrogen) atoms. The lowest BCUT2D eigenvalue weighted by Gasteiger charge is -2.05. The first-order valence-corrected chi connectivity index (χ1v) is 8.73. The highest BCUT2D eigenvalue weighted by atomic mass is 79.9. The number of hydrogen-bond donors (Lipinski definition) is 0. The molecule has 0 fully saturated rings. The number of ether oxygens (including phenoxy) is 2. The molecule has 0 saturated heterocycles. The van der Waals surface area contributed by atoms with Gasteiger partial charge >= 0.3 is 5.97 Å². The van der Waals surface area contributed by atoms with Gasteiger partial charge in [-0.3, -0.25) is 0 Å². The molecule has 0 atom stereocenters. The topological polar surface area (TPSA) is 47.9 Å². The van der Waals surface area contributed by atoms with Gasteiger partial charge in [-0.15, -0.1) is 0 Å². The maximum absolute atomic E-state index is 12.1. The average Bonchev–Trinajstić information content (AvgIpc) is 2.95. The molecule has 0 aromatic heterocycles. The largest absolute Gasteiger partial charge is 0.497 e. The molecule has 0 saturated carbocycles. The smallest absolute Gasteiger partial charge is 0.363 e. The van der Waals surface area contributed by atoms with Crippen molar-refractivity contribution < 1.29 is 14.3 Å². The second-order valence-electron chi connectivity index (χ2n) is 6.00. The van der Waals surface area contributed by atoms with Gasteiger partial charge in [-0.1, -0.05) is 38.1 Å². The zero-order valence-electron chi connectivity index (χ0n) is 14.2. The Hall–Kier alpha value is -2.40. The van der Waals surface area contributed by atoms with Crippen molar-refractivity contribution in [2.75, 3.05) is 7.11 Å². The molecule has 3 rings (SSSR count). The summed E-state index contributed by atoms with van der Waals surface area (Å²) in [4.78, 5) is 16.5. The van der Waals surface area contributed by atoms with Gasteiger partial charge in [0.05, 0.1) is 12.7 Å². The number of hydrogen-bond acceptors (Lipinski definition) is 4. The summed E-state index contributed by atoms with van der Waals surface area (Å²) in [6, 6.07) is 13.5. The minimum atomic E-state index is -0.453. The van der Waals surface area contributed by atoms with Gasteiger partial charge < -0.3 is 9.47 Å². The summed E-state index contributed by atoms with van der Waals surface area (Å²) >= 11 is 3.45. The molecule has 2 aromatic carbocycles. The van der Waals surface area contributed by atoms with Gasteiger partial charge in [-0.2, -0.15) is 0 Å². The van der Waals surface area contributed by atoms with E-state index in [0.717, 1.165) is 10.0 Å². The zero-order chi connectivity index (χ0) is 18.0. The third-order valence-electron chi connectivity index (χ3n) is 3.93. The summed E-state index contributed by atoms with van der Waals surface area (Å²) in [6.07, 6.45) is 1.73. The zero-order valence-corrected chi connectivity index (χ0v) is 15.8. The van der Waals surface area contributed by atoms with Crippen LogP contribution in [0, 0.1) is 0 Å². The monoisotopic (exact) mass is 399 g/mol. The fourth-order valence-corrected chi connectivity index (χ4v) is 2.98. The van der Waals surface area contributed by atoms with Crippen LogP contribution in [0.3, 0.4) is 0 Å². The van der Waals surface area contributed by atoms with Gasteiger partial charge in [-0.25, -0.2) is 9.79 Å². The van der Waals surface area contributed by atoms with Crippen LogP contribution in [0.5, 0.6) is 5.75 Å². The van der Waals surface area contributed by atoms with E-state index in [2.05, 4.69) is 46.9 Å². The van der Waals surface area contributed by atoms with Crippen molar-refractivity contribution in [3.8, 4) is 5.75 Å². The molecule has 1 aliphatic rings. The van der Waals surface area contributed by atoms with E-state index in [1.54, 1.807) is 31.4 Å². The van der Waals surface area contributed by atoms with Crippen LogP contribution in [0.2, 0.25) is 0 Å². The molecule has 0 unspecified atom stereocenters. The minimum absolute atomic E-state index is 0.282. The van der Waals surface area contributed by atoms with Crippen molar-refractivity contribution in [1.29, 1.82) is 0 Å². The first kappa shape index (κ1) is 17.4. The van der Waals surface area contributed by atoms with E-state index in [-0.39, 0.29) is 11.6 Å². The maximum atomic E-state index is 12.1. The van der Waals surface area contributed by atoms with Crippen molar-refractivity contribution >= 4 is 33.9 Å². The Morgan fingerprint density at radius 2 is 1.88 bits per heavy atom. The van der Waals surface area contributed by atoms with Crippen molar-refractivity contribution in [2.45, 2.75) is 19.8 Å². The normalized spacial score (nSPS) is 15.5. The molecule has 5 heteroatoms. The molecule has 0 bridgehead atoms. The maximum Gasteiger partial charge on any atom is 0.363 e. The molecule has 0 amide bonds. The summed E-state index contributed by atoms with van der Waals surface area (Å²) in [5.74, 6) is 1.01. The Balaban J connectivity index is 1.89. The predicted octanol–water partition coefficient (Wildman–Crippen LogP) is 4.93. The van der Waals surface area contributed by atoms with Gasteiger partial charge in [0.15, 0.2) is 5.70 Å². The highest BCUT2D eigenvalue weighted by Crippen LogP contribution is 2.27. The minimum Gasteiger partial charge on any atom is -0.497 e. The summed E-state index contributed by atoms with van der Waals surface area (Å²) in [7, 11) is 1.60. The summed E-state index contributed by atoms with van der Waals surface area (Å²) in [6.45, 7) is 4.29. The lowest BCUT2D eigenvalue weighted by molar-refractivity contribution is -0.129. The summed E-state index contributed by atoms with van der Waals surface area (Å²) in [5, 5.41) is 0. The van der Waals surface area contributed by atoms with Crippen molar-refractivity contribution in [3.05, 3.63) is 69.3 Å². The van der Waals surface area contributed by atoms with Crippen LogP contribution in [0.1, 0.15) is 36.5 Å². The number of cyclic esters (lactones) is 1. The lowest BCUT2D eigenvalue weighted by Crippen LogP contribution is -2.06. The van der Waals surface area contributed by atoms with Crippen LogP contribution in [-0.2, 0) is 9.53 Å². The van der Waals surface area contributed by atoms with Crippen molar-refractivity contribution in [3.63, 3.8) is 0 Å². The predicted molar refractivity (Wildman–Crippen MR) is 102 cm³/mol. The Kier molecular flexibility index (Phi) is 5.04. The third kappa shape index (κ3) is 3.82. The number of rotatable bonds is 4. The average molecular weight is 400 g/mol. The number of methoxy groups -OCH3 is 1. The Bertz CT molecular complexity index is 867. The molecule has 2 aromatic rings. The molecule has 0 radical (unpaired) electrons. The number of nitrogens with zero attached hydrogens (tertiary/aromatic N) is 1. The SMILES string of the molecule is COc1ccc(C2=NC(=Cc3ccc(C(C)C)cc3)C(=O)O2)c(Br)c1. The quantitative estimate of drug-likeness (QED) is 0.541. The summed E-state index contributed by atoms with van der Waals surface area (Å²) < 4.78 is 11.2. The van der Waals surface area contributed by atoms with Crippen LogP contribution in [0.4, 0.5) is 0 Å². The highest BCUT2D eigenvalue weighted by Gasteiger charge is 2.25. The molecule has 0 aliphatic carbocycles. The van der Waals surface area contributed by atoms with Gasteiger partial charge in [0.1, 0.15) is 5.75 Å². The van der Waals surface area contributed by atoms with Crippen LogP contribution in [0.25, 0.3) is 6.08 Å². The molecular weight excluding hydrogens is 382 g/mol. The highest BCUT2D eigenvalue weighted by molar-refractivity contribution is 9.10. The van der Waals surface area contributed by atoms with Crippen LogP contribution in [-0.4, -0.2) is 19.0 Å². The van der Waals surface area contributed by atoms with Gasteiger partial charge in [0.2, 0.25) is 5.90 Å². The first-order chi connectivity index (χ1) is 12.0. The number of aliphatic imine (C=N–C) groups is 1. The Morgan fingerprint density at radius 1 is 1.16 bits per heavy atom. The Morgan fingerprint density at radius 3 is 2.48 bits per heavy atom. The van der Waals surface area contributed by atoms with E-state index >= 15 is 0 Å². The Labute approximate surface area is 155 Å². The second kappa shape index (κ2) is 7.23. The number of carbonyl (C=O) groups excluding carboxylic acids is 1. The van der Waals surface area contributed by atoms with Gasteiger partial charge in [0.25, 0.3) is 0 Å². The molecule has 1 heterocycles. The lowest BCUT2D eigenvalue weighted by atomic mass is 10.0. The second-order valence-corrected chi connectivity index (χ2v) is 6.86. The van der Waals surface area contributed by atoms with E-state index in [1.165, 1.54) is 5.56 Å². The standard InChI is InChI=1S/C20H18BrNO3/c1-12(2)14-6-4-13(5-7-14)10-18-20(23)25-19(22-18)16-9-8-15(24-3)11-17(16)21/h4-12H,1-3H3. The van der Waals surface area contributed by atoms with Gasteiger partial charge in [-0.05, 0) is 57.2 Å². The molecule has 0 spiro atoms. The molecular formula is C20H18BrNO3. The third-order valence-corrected chi connectivity index (χ3v) is 4.59. The van der Waals surface area contributed by atoms with E-state index in [1.807, 2.05) is 12.1 Å². The van der Waals surface area contributed by atoms with E-state index in [4.69, 9.17) is 9.47 Å². The van der Waals surface area contributed by atoms with Crippen molar-refractivity contribution in [1.82, 2.24) is 0 Å². The summed E-state index contributed by atoms with van der Waals surface area (Å²) in [5.41, 5.74) is 3.15. The van der Waals surface area contributed by atoms with Crippen LogP contribution >= 0.6 is 15.9 Å². The molecule has 4 nitrogen and oxygen atoms in total. The van der Waals surface area contributed by atoms with Crippen molar-refractivity contribution in [2.24, 2.45) is 4.99 Å². The molecule has 1 aliphatic heterocycles.